The third kappa shape index (κ3) is 2.87. The van der Waals surface area contributed by atoms with Crippen LogP contribution in [0.4, 0.5) is 0 Å². The number of halogens is 1. The van der Waals surface area contributed by atoms with Crippen molar-refractivity contribution in [3.63, 3.8) is 0 Å². The molecule has 0 fully saturated rings. The third-order valence-corrected chi connectivity index (χ3v) is 2.93. The average Bonchev–Trinajstić information content (AvgIpc) is 1.96. The number of hydrogen-bond donors (Lipinski definition) is 0. The van der Waals surface area contributed by atoms with E-state index in [0.29, 0.717) is 11.1 Å². The molecular weight excluding hydrogens is 188 g/mol. The zero-order valence-corrected chi connectivity index (χ0v) is 8.82. The topological polar surface area (TPSA) is 12.4 Å². The number of allylic oxidation sites excluding steroid dienone is 1. The highest BCUT2D eigenvalue weighted by molar-refractivity contribution is 8.15. The molecule has 4 heteroatoms. The summed E-state index contributed by atoms with van der Waals surface area (Å²) >= 11 is 7.37. The summed E-state index contributed by atoms with van der Waals surface area (Å²) < 4.78 is 0. The van der Waals surface area contributed by atoms with Crippen LogP contribution in [0.25, 0.3) is 0 Å². The number of nitrogens with zero attached hydrogens (tertiary/aromatic N) is 1. The number of aliphatic imine (C=N–C) groups is 1. The molecule has 1 aliphatic rings. The zero-order valence-electron chi connectivity index (χ0n) is 7.25. The summed E-state index contributed by atoms with van der Waals surface area (Å²) in [4.78, 5) is 4.23. The Kier molecular flexibility index (Phi) is 3.72. The third-order valence-electron chi connectivity index (χ3n) is 1.59. The smallest absolute Gasteiger partial charge is 0.126 e. The van der Waals surface area contributed by atoms with Crippen molar-refractivity contribution in [3.8, 4) is 0 Å². The molecule has 0 bridgehead atoms. The quantitative estimate of drug-likeness (QED) is 0.467. The number of rotatable bonds is 1. The van der Waals surface area contributed by atoms with Gasteiger partial charge in [0.05, 0.1) is 12.9 Å². The summed E-state index contributed by atoms with van der Waals surface area (Å²) in [6, 6.07) is 0. The lowest BCUT2D eigenvalue weighted by molar-refractivity contribution is 0.787. The van der Waals surface area contributed by atoms with Crippen molar-refractivity contribution in [3.05, 3.63) is 11.2 Å². The first-order chi connectivity index (χ1) is 5.59. The van der Waals surface area contributed by atoms with Crippen molar-refractivity contribution in [2.24, 2.45) is 10.9 Å². The van der Waals surface area contributed by atoms with E-state index in [4.69, 9.17) is 19.4 Å². The summed E-state index contributed by atoms with van der Waals surface area (Å²) in [5.41, 5.74) is 0. The van der Waals surface area contributed by atoms with E-state index < -0.39 is 0 Å². The summed E-state index contributed by atoms with van der Waals surface area (Å²) in [5.74, 6) is 0.462. The average molecular weight is 200 g/mol. The SMILES string of the molecule is [B]C(C)SC1=NC(Cl)=CCC1C. The fourth-order valence-corrected chi connectivity index (χ4v) is 2.06. The standard InChI is InChI=1S/C8H11BClNS/c1-5-3-4-7(10)11-8(5)12-6(2)9/h4-6H,3H2,1-2H3. The maximum Gasteiger partial charge on any atom is 0.126 e. The second-order valence-corrected chi connectivity index (χ2v) is 4.72. The van der Waals surface area contributed by atoms with E-state index in [1.165, 1.54) is 0 Å². The van der Waals surface area contributed by atoms with Crippen molar-refractivity contribution in [1.29, 1.82) is 0 Å². The van der Waals surface area contributed by atoms with Gasteiger partial charge in [0.15, 0.2) is 0 Å². The van der Waals surface area contributed by atoms with Crippen LogP contribution in [0, 0.1) is 5.92 Å². The minimum atomic E-state index is 0.0915. The molecule has 0 aromatic carbocycles. The number of thioether (sulfide) groups is 1. The van der Waals surface area contributed by atoms with E-state index in [9.17, 15) is 0 Å². The molecule has 0 spiro atoms. The van der Waals surface area contributed by atoms with Crippen LogP contribution in [0.2, 0.25) is 0 Å². The Morgan fingerprint density at radius 3 is 3.08 bits per heavy atom. The fraction of sp³-hybridized carbons (Fsp3) is 0.625. The van der Waals surface area contributed by atoms with E-state index in [0.717, 1.165) is 11.5 Å². The summed E-state index contributed by atoms with van der Waals surface area (Å²) in [6.07, 6.45) is 2.91. The van der Waals surface area contributed by atoms with Gasteiger partial charge in [-0.15, -0.1) is 11.8 Å². The van der Waals surface area contributed by atoms with Gasteiger partial charge in [-0.05, 0) is 17.6 Å². The maximum absolute atomic E-state index is 5.78. The lowest BCUT2D eigenvalue weighted by Gasteiger charge is -2.17. The highest BCUT2D eigenvalue weighted by atomic mass is 35.5. The van der Waals surface area contributed by atoms with Gasteiger partial charge >= 0.3 is 0 Å². The molecule has 0 saturated heterocycles. The molecule has 1 heterocycles. The monoisotopic (exact) mass is 199 g/mol. The number of hydrogen-bond acceptors (Lipinski definition) is 2. The molecule has 2 atom stereocenters. The van der Waals surface area contributed by atoms with Gasteiger partial charge in [0.25, 0.3) is 0 Å². The van der Waals surface area contributed by atoms with Crippen molar-refractivity contribution in [2.45, 2.75) is 25.4 Å². The van der Waals surface area contributed by atoms with Gasteiger partial charge in [0.1, 0.15) is 5.16 Å². The molecule has 0 amide bonds. The predicted octanol–water partition coefficient (Wildman–Crippen LogP) is 2.75. The zero-order chi connectivity index (χ0) is 9.14. The lowest BCUT2D eigenvalue weighted by Crippen LogP contribution is -2.13. The molecule has 2 unspecified atom stereocenters. The maximum atomic E-state index is 5.78. The molecule has 64 valence electrons. The van der Waals surface area contributed by atoms with E-state index in [2.05, 4.69) is 11.9 Å². The molecule has 1 nitrogen and oxygen atoms in total. The molecule has 0 N–H and O–H groups in total. The largest absolute Gasteiger partial charge is 0.234 e. The molecule has 2 radical (unpaired) electrons. The Balaban J connectivity index is 2.65. The first kappa shape index (κ1) is 10.2. The van der Waals surface area contributed by atoms with Crippen molar-refractivity contribution < 1.29 is 0 Å². The minimum absolute atomic E-state index is 0.0915. The second kappa shape index (κ2) is 4.38. The molecule has 0 saturated carbocycles. The summed E-state index contributed by atoms with van der Waals surface area (Å²) in [6.45, 7) is 4.08. The molecule has 0 aromatic rings. The normalized spacial score (nSPS) is 26.1. The Labute approximate surface area is 84.1 Å². The molecule has 0 aliphatic carbocycles. The molecule has 1 aliphatic heterocycles. The van der Waals surface area contributed by atoms with Crippen LogP contribution in [0.15, 0.2) is 16.2 Å². The fourth-order valence-electron chi connectivity index (χ4n) is 0.969. The Hall–Kier alpha value is 0.115. The van der Waals surface area contributed by atoms with Crippen LogP contribution in [0.3, 0.4) is 0 Å². The van der Waals surface area contributed by atoms with Gasteiger partial charge in [-0.1, -0.05) is 25.4 Å². The highest BCUT2D eigenvalue weighted by Crippen LogP contribution is 2.26. The predicted molar refractivity (Wildman–Crippen MR) is 58.0 cm³/mol. The first-order valence-corrected chi connectivity index (χ1v) is 5.22. The molecule has 0 aromatic heterocycles. The van der Waals surface area contributed by atoms with E-state index >= 15 is 0 Å². The highest BCUT2D eigenvalue weighted by Gasteiger charge is 2.15. The lowest BCUT2D eigenvalue weighted by atomic mass is 10.1. The first-order valence-electron chi connectivity index (χ1n) is 3.96. The van der Waals surface area contributed by atoms with Crippen molar-refractivity contribution >= 4 is 36.3 Å². The summed E-state index contributed by atoms with van der Waals surface area (Å²) in [5, 5.41) is 1.74. The Bertz CT molecular complexity index is 225. The molecular formula is C8H11BClNS. The van der Waals surface area contributed by atoms with Gasteiger partial charge in [-0.25, -0.2) is 4.99 Å². The molecule has 1 rings (SSSR count). The van der Waals surface area contributed by atoms with Gasteiger partial charge < -0.3 is 0 Å². The van der Waals surface area contributed by atoms with Crippen molar-refractivity contribution in [1.82, 2.24) is 0 Å². The van der Waals surface area contributed by atoms with Gasteiger partial charge in [0, 0.05) is 5.92 Å². The van der Waals surface area contributed by atoms with Crippen LogP contribution in [0.1, 0.15) is 20.3 Å². The van der Waals surface area contributed by atoms with Gasteiger partial charge in [0.2, 0.25) is 0 Å². The Morgan fingerprint density at radius 1 is 1.83 bits per heavy atom. The van der Waals surface area contributed by atoms with Crippen LogP contribution in [-0.2, 0) is 0 Å². The van der Waals surface area contributed by atoms with E-state index in [-0.39, 0.29) is 5.15 Å². The van der Waals surface area contributed by atoms with Crippen LogP contribution < -0.4 is 0 Å². The minimum Gasteiger partial charge on any atom is -0.234 e. The van der Waals surface area contributed by atoms with Crippen LogP contribution in [0.5, 0.6) is 0 Å². The second-order valence-electron chi connectivity index (χ2n) is 2.94. The van der Waals surface area contributed by atoms with Gasteiger partial charge in [-0.2, -0.15) is 0 Å². The van der Waals surface area contributed by atoms with Gasteiger partial charge in [-0.3, -0.25) is 0 Å². The van der Waals surface area contributed by atoms with Crippen LogP contribution in [-0.4, -0.2) is 18.0 Å². The molecule has 12 heavy (non-hydrogen) atoms. The van der Waals surface area contributed by atoms with Crippen molar-refractivity contribution in [2.75, 3.05) is 0 Å². The van der Waals surface area contributed by atoms with Crippen LogP contribution >= 0.6 is 23.4 Å². The Morgan fingerprint density at radius 2 is 2.50 bits per heavy atom. The van der Waals surface area contributed by atoms with E-state index in [1.807, 2.05) is 13.0 Å². The summed E-state index contributed by atoms with van der Waals surface area (Å²) in [7, 11) is 5.65. The van der Waals surface area contributed by atoms with E-state index in [1.54, 1.807) is 11.8 Å².